The van der Waals surface area contributed by atoms with Crippen molar-refractivity contribution in [2.75, 3.05) is 19.6 Å². The van der Waals surface area contributed by atoms with E-state index in [2.05, 4.69) is 40.2 Å². The van der Waals surface area contributed by atoms with E-state index in [1.807, 2.05) is 11.7 Å². The van der Waals surface area contributed by atoms with Crippen molar-refractivity contribution in [3.63, 3.8) is 0 Å². The Kier molecular flexibility index (Phi) is 5.33. The summed E-state index contributed by atoms with van der Waals surface area (Å²) < 4.78 is 0. The number of benzene rings is 1. The molecule has 0 atom stereocenters. The molecule has 0 spiro atoms. The molecule has 0 unspecified atom stereocenters. The molecule has 96 valence electrons. The summed E-state index contributed by atoms with van der Waals surface area (Å²) in [5.74, 6) is 0. The summed E-state index contributed by atoms with van der Waals surface area (Å²) in [6, 6.07) is 10.6. The van der Waals surface area contributed by atoms with Crippen LogP contribution in [0.1, 0.15) is 10.4 Å². The van der Waals surface area contributed by atoms with Crippen molar-refractivity contribution in [1.82, 2.24) is 9.88 Å². The third kappa shape index (κ3) is 4.22. The lowest BCUT2D eigenvalue weighted by Gasteiger charge is -2.20. The van der Waals surface area contributed by atoms with E-state index in [0.717, 1.165) is 26.1 Å². The fraction of sp³-hybridized carbons (Fsp3) is 0.357. The highest BCUT2D eigenvalue weighted by atomic mass is 32.1. The van der Waals surface area contributed by atoms with Gasteiger partial charge in [-0.25, -0.2) is 0 Å². The second kappa shape index (κ2) is 7.26. The van der Waals surface area contributed by atoms with Crippen molar-refractivity contribution in [1.29, 1.82) is 0 Å². The Morgan fingerprint density at radius 2 is 2.00 bits per heavy atom. The second-order valence-corrected chi connectivity index (χ2v) is 5.24. The molecule has 18 heavy (non-hydrogen) atoms. The molecule has 2 aromatic rings. The first kappa shape index (κ1) is 13.2. The Labute approximate surface area is 112 Å². The minimum absolute atomic E-state index is 0.702. The number of hydrogen-bond donors (Lipinski definition) is 1. The van der Waals surface area contributed by atoms with Crippen molar-refractivity contribution in [3.8, 4) is 0 Å². The smallest absolute Gasteiger partial charge is 0.0794 e. The monoisotopic (exact) mass is 261 g/mol. The number of aromatic nitrogens is 1. The van der Waals surface area contributed by atoms with E-state index in [1.54, 1.807) is 11.3 Å². The first-order chi connectivity index (χ1) is 8.88. The van der Waals surface area contributed by atoms with E-state index < -0.39 is 0 Å². The zero-order valence-corrected chi connectivity index (χ0v) is 11.3. The molecule has 2 rings (SSSR count). The molecule has 0 amide bonds. The van der Waals surface area contributed by atoms with Crippen LogP contribution in [-0.4, -0.2) is 29.5 Å². The summed E-state index contributed by atoms with van der Waals surface area (Å²) in [6.07, 6.45) is 3.01. The normalized spacial score (nSPS) is 11.0. The summed E-state index contributed by atoms with van der Waals surface area (Å²) in [5, 5.41) is 0. The lowest BCUT2D eigenvalue weighted by Crippen LogP contribution is -2.30. The van der Waals surface area contributed by atoms with Crippen molar-refractivity contribution >= 4 is 11.3 Å². The lowest BCUT2D eigenvalue weighted by atomic mass is 10.1. The molecule has 0 saturated carbocycles. The summed E-state index contributed by atoms with van der Waals surface area (Å²) in [5.41, 5.74) is 8.93. The van der Waals surface area contributed by atoms with Crippen LogP contribution in [0.2, 0.25) is 0 Å². The fourth-order valence-electron chi connectivity index (χ4n) is 1.92. The topological polar surface area (TPSA) is 42.1 Å². The Morgan fingerprint density at radius 1 is 1.17 bits per heavy atom. The standard InChI is InChI=1S/C14H19N3S/c15-7-9-17(11-14-10-16-12-18-14)8-6-13-4-2-1-3-5-13/h1-5,10,12H,6-9,11,15H2. The molecule has 0 fully saturated rings. The van der Waals surface area contributed by atoms with Gasteiger partial charge in [-0.15, -0.1) is 11.3 Å². The van der Waals surface area contributed by atoms with Crippen LogP contribution in [-0.2, 0) is 13.0 Å². The van der Waals surface area contributed by atoms with Crippen LogP contribution in [0.5, 0.6) is 0 Å². The average molecular weight is 261 g/mol. The van der Waals surface area contributed by atoms with Crippen LogP contribution in [0.15, 0.2) is 42.0 Å². The maximum atomic E-state index is 5.67. The van der Waals surface area contributed by atoms with Gasteiger partial charge >= 0.3 is 0 Å². The fourth-order valence-corrected chi connectivity index (χ4v) is 2.56. The van der Waals surface area contributed by atoms with Gasteiger partial charge in [0.25, 0.3) is 0 Å². The number of rotatable bonds is 7. The van der Waals surface area contributed by atoms with Crippen molar-refractivity contribution in [2.45, 2.75) is 13.0 Å². The van der Waals surface area contributed by atoms with Gasteiger partial charge in [0.15, 0.2) is 0 Å². The van der Waals surface area contributed by atoms with Crippen LogP contribution >= 0.6 is 11.3 Å². The van der Waals surface area contributed by atoms with Gasteiger partial charge in [-0.1, -0.05) is 30.3 Å². The lowest BCUT2D eigenvalue weighted by molar-refractivity contribution is 0.278. The first-order valence-electron chi connectivity index (χ1n) is 6.22. The van der Waals surface area contributed by atoms with E-state index in [4.69, 9.17) is 5.73 Å². The quantitative estimate of drug-likeness (QED) is 0.830. The number of nitrogens with two attached hydrogens (primary N) is 1. The van der Waals surface area contributed by atoms with Gasteiger partial charge in [-0.05, 0) is 12.0 Å². The van der Waals surface area contributed by atoms with Gasteiger partial charge in [-0.2, -0.15) is 0 Å². The number of nitrogens with zero attached hydrogens (tertiary/aromatic N) is 2. The predicted octanol–water partition coefficient (Wildman–Crippen LogP) is 2.15. The van der Waals surface area contributed by atoms with Crippen LogP contribution in [0, 0.1) is 0 Å². The highest BCUT2D eigenvalue weighted by molar-refractivity contribution is 7.09. The summed E-state index contributed by atoms with van der Waals surface area (Å²) >= 11 is 1.71. The van der Waals surface area contributed by atoms with E-state index in [-0.39, 0.29) is 0 Å². The SMILES string of the molecule is NCCN(CCc1ccccc1)Cc1cncs1. The molecule has 0 aliphatic carbocycles. The molecule has 2 N–H and O–H groups in total. The number of thiazole rings is 1. The van der Waals surface area contributed by atoms with Gasteiger partial charge in [0.2, 0.25) is 0 Å². The van der Waals surface area contributed by atoms with Gasteiger partial charge in [0, 0.05) is 37.3 Å². The van der Waals surface area contributed by atoms with Crippen molar-refractivity contribution < 1.29 is 0 Å². The molecule has 1 aromatic heterocycles. The molecular formula is C14H19N3S. The van der Waals surface area contributed by atoms with Crippen LogP contribution in [0.3, 0.4) is 0 Å². The maximum absolute atomic E-state index is 5.67. The van der Waals surface area contributed by atoms with E-state index in [9.17, 15) is 0 Å². The molecular weight excluding hydrogens is 242 g/mol. The van der Waals surface area contributed by atoms with E-state index in [0.29, 0.717) is 6.54 Å². The molecule has 3 nitrogen and oxygen atoms in total. The Hall–Kier alpha value is -1.23. The highest BCUT2D eigenvalue weighted by Crippen LogP contribution is 2.10. The van der Waals surface area contributed by atoms with Gasteiger partial charge in [0.05, 0.1) is 5.51 Å². The summed E-state index contributed by atoms with van der Waals surface area (Å²) in [7, 11) is 0. The van der Waals surface area contributed by atoms with Gasteiger partial charge < -0.3 is 5.73 Å². The van der Waals surface area contributed by atoms with Crippen LogP contribution in [0.4, 0.5) is 0 Å². The zero-order chi connectivity index (χ0) is 12.6. The first-order valence-corrected chi connectivity index (χ1v) is 7.10. The zero-order valence-electron chi connectivity index (χ0n) is 10.5. The molecule has 1 aromatic carbocycles. The van der Waals surface area contributed by atoms with E-state index >= 15 is 0 Å². The Balaban J connectivity index is 1.86. The summed E-state index contributed by atoms with van der Waals surface area (Å²) in [6.45, 7) is 3.63. The largest absolute Gasteiger partial charge is 0.329 e. The predicted molar refractivity (Wildman–Crippen MR) is 76.6 cm³/mol. The second-order valence-electron chi connectivity index (χ2n) is 4.27. The third-order valence-electron chi connectivity index (χ3n) is 2.87. The molecule has 0 aliphatic heterocycles. The number of hydrogen-bond acceptors (Lipinski definition) is 4. The molecule has 0 radical (unpaired) electrons. The molecule has 0 aliphatic rings. The van der Waals surface area contributed by atoms with Crippen molar-refractivity contribution in [2.24, 2.45) is 5.73 Å². The Morgan fingerprint density at radius 3 is 2.67 bits per heavy atom. The molecule has 4 heteroatoms. The Bertz CT molecular complexity index is 428. The summed E-state index contributed by atoms with van der Waals surface area (Å²) in [4.78, 5) is 7.81. The molecule has 0 bridgehead atoms. The third-order valence-corrected chi connectivity index (χ3v) is 3.63. The van der Waals surface area contributed by atoms with E-state index in [1.165, 1.54) is 10.4 Å². The minimum Gasteiger partial charge on any atom is -0.329 e. The van der Waals surface area contributed by atoms with Crippen molar-refractivity contribution in [3.05, 3.63) is 52.5 Å². The maximum Gasteiger partial charge on any atom is 0.0794 e. The van der Waals surface area contributed by atoms with Gasteiger partial charge in [-0.3, -0.25) is 9.88 Å². The highest BCUT2D eigenvalue weighted by Gasteiger charge is 2.06. The van der Waals surface area contributed by atoms with Crippen LogP contribution in [0.25, 0.3) is 0 Å². The molecule has 1 heterocycles. The average Bonchev–Trinajstić information content (AvgIpc) is 2.90. The minimum atomic E-state index is 0.702. The molecule has 0 saturated heterocycles. The van der Waals surface area contributed by atoms with Crippen LogP contribution < -0.4 is 5.73 Å². The van der Waals surface area contributed by atoms with Gasteiger partial charge in [0.1, 0.15) is 0 Å².